The zero-order valence-electron chi connectivity index (χ0n) is 14.7. The number of aromatic nitrogens is 2. The third kappa shape index (κ3) is 3.39. The molecule has 2 aliphatic rings. The van der Waals surface area contributed by atoms with Crippen LogP contribution >= 0.6 is 0 Å². The van der Waals surface area contributed by atoms with Crippen molar-refractivity contribution < 1.29 is 9.84 Å². The van der Waals surface area contributed by atoms with Gasteiger partial charge in [0, 0.05) is 31.7 Å². The van der Waals surface area contributed by atoms with Gasteiger partial charge < -0.3 is 14.7 Å². The number of nitrogens with zero attached hydrogens (tertiary/aromatic N) is 3. The number of aliphatic hydroxyl groups is 1. The van der Waals surface area contributed by atoms with E-state index >= 15 is 0 Å². The molecular formula is C20H25N3O2. The van der Waals surface area contributed by atoms with Crippen molar-refractivity contribution in [2.45, 2.75) is 37.7 Å². The maximum Gasteiger partial charge on any atom is 0.132 e. The summed E-state index contributed by atoms with van der Waals surface area (Å²) in [6.45, 7) is 5.11. The minimum Gasteiger partial charge on any atom is -0.385 e. The van der Waals surface area contributed by atoms with Gasteiger partial charge in [-0.25, -0.2) is 9.97 Å². The predicted molar refractivity (Wildman–Crippen MR) is 96.7 cm³/mol. The molecule has 5 heteroatoms. The van der Waals surface area contributed by atoms with E-state index in [1.54, 1.807) is 0 Å². The molecule has 1 aromatic carbocycles. The second-order valence-corrected chi connectivity index (χ2v) is 7.14. The van der Waals surface area contributed by atoms with Crippen LogP contribution in [0.3, 0.4) is 0 Å². The van der Waals surface area contributed by atoms with Gasteiger partial charge in [-0.15, -0.1) is 0 Å². The van der Waals surface area contributed by atoms with Crippen molar-refractivity contribution >= 4 is 5.82 Å². The van der Waals surface area contributed by atoms with Gasteiger partial charge in [0.25, 0.3) is 0 Å². The average molecular weight is 339 g/mol. The fraction of sp³-hybridized carbons (Fsp3) is 0.500. The maximum absolute atomic E-state index is 11.0. The van der Waals surface area contributed by atoms with Crippen molar-refractivity contribution in [1.29, 1.82) is 0 Å². The monoisotopic (exact) mass is 339 g/mol. The molecule has 0 unspecified atom stereocenters. The Morgan fingerprint density at radius 2 is 1.92 bits per heavy atom. The number of hydrogen-bond donors (Lipinski definition) is 1. The van der Waals surface area contributed by atoms with Crippen molar-refractivity contribution in [3.05, 3.63) is 53.5 Å². The van der Waals surface area contributed by atoms with Gasteiger partial charge in [0.2, 0.25) is 0 Å². The third-order valence-electron chi connectivity index (χ3n) is 5.42. The van der Waals surface area contributed by atoms with Gasteiger partial charge in [-0.05, 0) is 31.7 Å². The van der Waals surface area contributed by atoms with E-state index in [1.165, 1.54) is 0 Å². The van der Waals surface area contributed by atoms with Crippen molar-refractivity contribution in [2.24, 2.45) is 0 Å². The van der Waals surface area contributed by atoms with Crippen LogP contribution < -0.4 is 4.90 Å². The van der Waals surface area contributed by atoms with E-state index in [2.05, 4.69) is 20.9 Å². The smallest absolute Gasteiger partial charge is 0.132 e. The second kappa shape index (κ2) is 6.73. The SMILES string of the molecule is Cc1nc([C@H]2CCOC2)cc(N2CCC(O)(c3ccccc3)CC2)n1. The van der Waals surface area contributed by atoms with Crippen molar-refractivity contribution in [3.63, 3.8) is 0 Å². The molecule has 2 aliphatic heterocycles. The summed E-state index contributed by atoms with van der Waals surface area (Å²) in [5.41, 5.74) is 1.36. The van der Waals surface area contributed by atoms with E-state index in [9.17, 15) is 5.11 Å². The zero-order chi connectivity index (χ0) is 17.3. The molecule has 0 amide bonds. The molecule has 1 atom stereocenters. The Kier molecular flexibility index (Phi) is 4.44. The van der Waals surface area contributed by atoms with Gasteiger partial charge in [-0.2, -0.15) is 0 Å². The van der Waals surface area contributed by atoms with E-state index in [1.807, 2.05) is 37.3 Å². The Balaban J connectivity index is 1.51. The first-order valence-corrected chi connectivity index (χ1v) is 9.10. The van der Waals surface area contributed by atoms with Gasteiger partial charge in [0.15, 0.2) is 0 Å². The first kappa shape index (κ1) is 16.5. The number of ether oxygens (including phenoxy) is 1. The third-order valence-corrected chi connectivity index (χ3v) is 5.42. The summed E-state index contributed by atoms with van der Waals surface area (Å²) in [5.74, 6) is 2.17. The highest BCUT2D eigenvalue weighted by Crippen LogP contribution is 2.34. The topological polar surface area (TPSA) is 58.5 Å². The van der Waals surface area contributed by atoms with Crippen LogP contribution in [0.5, 0.6) is 0 Å². The van der Waals surface area contributed by atoms with Gasteiger partial charge >= 0.3 is 0 Å². The highest BCUT2D eigenvalue weighted by Gasteiger charge is 2.34. The molecule has 0 saturated carbocycles. The molecule has 5 nitrogen and oxygen atoms in total. The van der Waals surface area contributed by atoms with Crippen LogP contribution in [-0.2, 0) is 10.3 Å². The number of aryl methyl sites for hydroxylation is 1. The average Bonchev–Trinajstić information content (AvgIpc) is 3.17. The summed E-state index contributed by atoms with van der Waals surface area (Å²) in [5, 5.41) is 11.0. The van der Waals surface area contributed by atoms with Crippen LogP contribution in [0.25, 0.3) is 0 Å². The fourth-order valence-electron chi connectivity index (χ4n) is 3.86. The lowest BCUT2D eigenvalue weighted by Gasteiger charge is -2.39. The number of rotatable bonds is 3. The lowest BCUT2D eigenvalue weighted by atomic mass is 9.84. The summed E-state index contributed by atoms with van der Waals surface area (Å²) >= 11 is 0. The van der Waals surface area contributed by atoms with Crippen LogP contribution in [0.4, 0.5) is 5.82 Å². The van der Waals surface area contributed by atoms with Gasteiger partial charge in [-0.1, -0.05) is 30.3 Å². The molecule has 4 rings (SSSR count). The highest BCUT2D eigenvalue weighted by atomic mass is 16.5. The Morgan fingerprint density at radius 3 is 2.60 bits per heavy atom. The maximum atomic E-state index is 11.0. The van der Waals surface area contributed by atoms with E-state index < -0.39 is 5.60 Å². The lowest BCUT2D eigenvalue weighted by molar-refractivity contribution is 0.0116. The molecule has 132 valence electrons. The van der Waals surface area contributed by atoms with Crippen molar-refractivity contribution in [3.8, 4) is 0 Å². The van der Waals surface area contributed by atoms with Crippen molar-refractivity contribution in [1.82, 2.24) is 9.97 Å². The molecule has 0 radical (unpaired) electrons. The fourth-order valence-corrected chi connectivity index (χ4v) is 3.86. The molecule has 1 N–H and O–H groups in total. The van der Waals surface area contributed by atoms with E-state index in [0.29, 0.717) is 18.8 Å². The summed E-state index contributed by atoms with van der Waals surface area (Å²) in [6, 6.07) is 12.1. The Morgan fingerprint density at radius 1 is 1.16 bits per heavy atom. The quantitative estimate of drug-likeness (QED) is 0.932. The lowest BCUT2D eigenvalue weighted by Crippen LogP contribution is -2.43. The van der Waals surface area contributed by atoms with Crippen LogP contribution in [0, 0.1) is 6.92 Å². The minimum atomic E-state index is -0.734. The Bertz CT molecular complexity index is 721. The molecule has 3 heterocycles. The summed E-state index contributed by atoms with van der Waals surface area (Å²) in [4.78, 5) is 11.5. The molecule has 0 aliphatic carbocycles. The molecule has 2 aromatic rings. The first-order valence-electron chi connectivity index (χ1n) is 9.10. The highest BCUT2D eigenvalue weighted by molar-refractivity contribution is 5.42. The first-order chi connectivity index (χ1) is 12.1. The molecule has 25 heavy (non-hydrogen) atoms. The summed E-state index contributed by atoms with van der Waals surface area (Å²) in [6.07, 6.45) is 2.45. The summed E-state index contributed by atoms with van der Waals surface area (Å²) in [7, 11) is 0. The van der Waals surface area contributed by atoms with Crippen LogP contribution in [0.15, 0.2) is 36.4 Å². The van der Waals surface area contributed by atoms with E-state index in [0.717, 1.165) is 55.6 Å². The second-order valence-electron chi connectivity index (χ2n) is 7.14. The number of anilines is 1. The molecule has 2 fully saturated rings. The van der Waals surface area contributed by atoms with Gasteiger partial charge in [-0.3, -0.25) is 0 Å². The van der Waals surface area contributed by atoms with Crippen LogP contribution in [0.2, 0.25) is 0 Å². The number of hydrogen-bond acceptors (Lipinski definition) is 5. The van der Waals surface area contributed by atoms with Gasteiger partial charge in [0.05, 0.1) is 17.9 Å². The molecule has 2 saturated heterocycles. The largest absolute Gasteiger partial charge is 0.385 e. The standard InChI is InChI=1S/C20H25N3O2/c1-15-21-18(16-7-12-25-14-16)13-19(22-15)23-10-8-20(24,9-11-23)17-5-3-2-4-6-17/h2-6,13,16,24H,7-12,14H2,1H3/t16-/m0/s1. The van der Waals surface area contributed by atoms with E-state index in [-0.39, 0.29) is 0 Å². The molecular weight excluding hydrogens is 314 g/mol. The molecule has 0 bridgehead atoms. The Hall–Kier alpha value is -1.98. The molecule has 0 spiro atoms. The molecule has 1 aromatic heterocycles. The van der Waals surface area contributed by atoms with Crippen molar-refractivity contribution in [2.75, 3.05) is 31.2 Å². The zero-order valence-corrected chi connectivity index (χ0v) is 14.7. The minimum absolute atomic E-state index is 0.381. The Labute approximate surface area is 148 Å². The predicted octanol–water partition coefficient (Wildman–Crippen LogP) is 2.78. The van der Waals surface area contributed by atoms with Crippen LogP contribution in [-0.4, -0.2) is 41.4 Å². The van der Waals surface area contributed by atoms with E-state index in [4.69, 9.17) is 4.74 Å². The number of benzene rings is 1. The normalized spacial score (nSPS) is 23.0. The number of piperidine rings is 1. The summed E-state index contributed by atoms with van der Waals surface area (Å²) < 4.78 is 5.51. The van der Waals surface area contributed by atoms with Crippen LogP contribution in [0.1, 0.15) is 42.3 Å². The van der Waals surface area contributed by atoms with Gasteiger partial charge in [0.1, 0.15) is 11.6 Å².